The number of halogens is 1. The largest absolute Gasteiger partial charge is 0.497 e. The lowest BCUT2D eigenvalue weighted by atomic mass is 10.0. The molecule has 1 fully saturated rings. The van der Waals surface area contributed by atoms with Crippen LogP contribution in [0.15, 0.2) is 48.5 Å². The van der Waals surface area contributed by atoms with E-state index in [0.29, 0.717) is 26.2 Å². The lowest BCUT2D eigenvalue weighted by Gasteiger charge is -2.33. The quantitative estimate of drug-likeness (QED) is 0.758. The lowest BCUT2D eigenvalue weighted by molar-refractivity contribution is -0.131. The summed E-state index contributed by atoms with van der Waals surface area (Å²) in [5, 5.41) is 2.90. The van der Waals surface area contributed by atoms with Crippen molar-refractivity contribution in [2.24, 2.45) is 0 Å². The molecule has 1 aliphatic heterocycles. The second-order valence-corrected chi connectivity index (χ2v) is 7.61. The number of carbonyl (C=O) groups excluding carboxylic acids is 2. The standard InChI is InChI=1S/C23H28FN3O3/c1-26(15-17-6-5-7-19(14-17)30-2)22(28)16-27-12-10-18(11-13-27)25-23(29)20-8-3-4-9-21(20)24/h3-9,14,18H,10-13,15-16H2,1-2H3,(H,25,29). The van der Waals surface area contributed by atoms with Crippen LogP contribution in [0.25, 0.3) is 0 Å². The Labute approximate surface area is 176 Å². The zero-order valence-corrected chi connectivity index (χ0v) is 17.4. The van der Waals surface area contributed by atoms with Gasteiger partial charge in [0.05, 0.1) is 19.2 Å². The topological polar surface area (TPSA) is 61.9 Å². The minimum absolute atomic E-state index is 0.0158. The molecule has 1 N–H and O–H groups in total. The van der Waals surface area contributed by atoms with Crippen LogP contribution in [0, 0.1) is 5.82 Å². The van der Waals surface area contributed by atoms with Crippen LogP contribution in [-0.4, -0.2) is 61.4 Å². The van der Waals surface area contributed by atoms with Crippen molar-refractivity contribution in [3.05, 3.63) is 65.5 Å². The van der Waals surface area contributed by atoms with Gasteiger partial charge in [0.15, 0.2) is 0 Å². The molecule has 0 unspecified atom stereocenters. The Hall–Kier alpha value is -2.93. The average molecular weight is 413 g/mol. The van der Waals surface area contributed by atoms with E-state index in [1.54, 1.807) is 31.2 Å². The van der Waals surface area contributed by atoms with E-state index in [4.69, 9.17) is 4.74 Å². The Morgan fingerprint density at radius 1 is 1.17 bits per heavy atom. The maximum Gasteiger partial charge on any atom is 0.254 e. The molecular formula is C23H28FN3O3. The summed E-state index contributed by atoms with van der Waals surface area (Å²) in [6, 6.07) is 13.6. The predicted molar refractivity (Wildman–Crippen MR) is 113 cm³/mol. The summed E-state index contributed by atoms with van der Waals surface area (Å²) in [5.74, 6) is -0.0859. The van der Waals surface area contributed by atoms with Crippen LogP contribution in [0.4, 0.5) is 4.39 Å². The maximum absolute atomic E-state index is 13.8. The fraction of sp³-hybridized carbons (Fsp3) is 0.391. The van der Waals surface area contributed by atoms with Gasteiger partial charge in [-0.2, -0.15) is 0 Å². The van der Waals surface area contributed by atoms with Crippen LogP contribution in [0.5, 0.6) is 5.75 Å². The van der Waals surface area contributed by atoms with E-state index >= 15 is 0 Å². The summed E-state index contributed by atoms with van der Waals surface area (Å²) in [4.78, 5) is 28.7. The van der Waals surface area contributed by atoms with E-state index in [1.807, 2.05) is 24.3 Å². The number of amides is 2. The molecule has 1 aliphatic rings. The van der Waals surface area contributed by atoms with Gasteiger partial charge in [-0.15, -0.1) is 0 Å². The Balaban J connectivity index is 1.44. The Kier molecular flexibility index (Phi) is 7.41. The summed E-state index contributed by atoms with van der Waals surface area (Å²) < 4.78 is 19.0. The highest BCUT2D eigenvalue weighted by Gasteiger charge is 2.24. The molecule has 2 aromatic rings. The molecule has 0 aromatic heterocycles. The Morgan fingerprint density at radius 3 is 2.60 bits per heavy atom. The SMILES string of the molecule is COc1cccc(CN(C)C(=O)CN2CCC(NC(=O)c3ccccc3F)CC2)c1. The summed E-state index contributed by atoms with van der Waals surface area (Å²) in [7, 11) is 3.42. The summed E-state index contributed by atoms with van der Waals surface area (Å²) >= 11 is 0. The van der Waals surface area contributed by atoms with Crippen molar-refractivity contribution in [3.8, 4) is 5.75 Å². The van der Waals surface area contributed by atoms with Crippen LogP contribution in [0.1, 0.15) is 28.8 Å². The number of likely N-dealkylation sites (tertiary alicyclic amines) is 1. The molecule has 160 valence electrons. The summed E-state index contributed by atoms with van der Waals surface area (Å²) in [6.45, 7) is 2.28. The van der Waals surface area contributed by atoms with E-state index < -0.39 is 5.82 Å². The number of hydrogen-bond donors (Lipinski definition) is 1. The molecule has 0 atom stereocenters. The number of hydrogen-bond acceptors (Lipinski definition) is 4. The van der Waals surface area contributed by atoms with Gasteiger partial charge in [0.2, 0.25) is 5.91 Å². The highest BCUT2D eigenvalue weighted by atomic mass is 19.1. The van der Waals surface area contributed by atoms with Crippen molar-refractivity contribution in [2.75, 3.05) is 33.8 Å². The van der Waals surface area contributed by atoms with E-state index in [2.05, 4.69) is 10.2 Å². The predicted octanol–water partition coefficient (Wildman–Crippen LogP) is 2.69. The second kappa shape index (κ2) is 10.2. The van der Waals surface area contributed by atoms with Crippen molar-refractivity contribution >= 4 is 11.8 Å². The zero-order chi connectivity index (χ0) is 21.5. The smallest absolute Gasteiger partial charge is 0.254 e. The van der Waals surface area contributed by atoms with E-state index in [1.165, 1.54) is 12.1 Å². The minimum atomic E-state index is -0.517. The van der Waals surface area contributed by atoms with Crippen molar-refractivity contribution in [1.82, 2.24) is 15.1 Å². The molecule has 30 heavy (non-hydrogen) atoms. The fourth-order valence-electron chi connectivity index (χ4n) is 3.59. The third-order valence-electron chi connectivity index (χ3n) is 5.38. The van der Waals surface area contributed by atoms with Gasteiger partial charge < -0.3 is 15.0 Å². The molecule has 2 amide bonds. The van der Waals surface area contributed by atoms with Crippen molar-refractivity contribution in [2.45, 2.75) is 25.4 Å². The monoisotopic (exact) mass is 413 g/mol. The molecule has 0 bridgehead atoms. The lowest BCUT2D eigenvalue weighted by Crippen LogP contribution is -2.47. The number of piperidine rings is 1. The average Bonchev–Trinajstić information content (AvgIpc) is 2.75. The highest BCUT2D eigenvalue weighted by Crippen LogP contribution is 2.15. The van der Waals surface area contributed by atoms with Gasteiger partial charge in [-0.05, 0) is 42.7 Å². The molecule has 0 spiro atoms. The number of nitrogens with one attached hydrogen (secondary N) is 1. The molecule has 3 rings (SSSR count). The third kappa shape index (κ3) is 5.79. The molecule has 1 saturated heterocycles. The van der Waals surface area contributed by atoms with Crippen molar-refractivity contribution in [1.29, 1.82) is 0 Å². The normalized spacial score (nSPS) is 14.9. The number of methoxy groups -OCH3 is 1. The van der Waals surface area contributed by atoms with Crippen molar-refractivity contribution in [3.63, 3.8) is 0 Å². The van der Waals surface area contributed by atoms with E-state index in [-0.39, 0.29) is 23.4 Å². The van der Waals surface area contributed by atoms with Crippen LogP contribution in [-0.2, 0) is 11.3 Å². The Morgan fingerprint density at radius 2 is 1.90 bits per heavy atom. The molecule has 0 radical (unpaired) electrons. The maximum atomic E-state index is 13.8. The van der Waals surface area contributed by atoms with Crippen molar-refractivity contribution < 1.29 is 18.7 Å². The number of nitrogens with zero attached hydrogens (tertiary/aromatic N) is 2. The molecule has 1 heterocycles. The van der Waals surface area contributed by atoms with Crippen LogP contribution in [0.2, 0.25) is 0 Å². The van der Waals surface area contributed by atoms with Crippen LogP contribution < -0.4 is 10.1 Å². The summed E-state index contributed by atoms with van der Waals surface area (Å²) in [6.07, 6.45) is 1.46. The molecule has 7 heteroatoms. The molecule has 2 aromatic carbocycles. The highest BCUT2D eigenvalue weighted by molar-refractivity contribution is 5.94. The molecule has 6 nitrogen and oxygen atoms in total. The van der Waals surface area contributed by atoms with Gasteiger partial charge in [0, 0.05) is 32.7 Å². The number of carbonyl (C=O) groups is 2. The molecule has 0 aliphatic carbocycles. The third-order valence-corrected chi connectivity index (χ3v) is 5.38. The van der Waals surface area contributed by atoms with Gasteiger partial charge in [-0.3, -0.25) is 14.5 Å². The number of rotatable bonds is 7. The molecular weight excluding hydrogens is 385 g/mol. The first kappa shape index (κ1) is 21.8. The minimum Gasteiger partial charge on any atom is -0.497 e. The summed E-state index contributed by atoms with van der Waals surface area (Å²) in [5.41, 5.74) is 1.08. The fourth-order valence-corrected chi connectivity index (χ4v) is 3.59. The van der Waals surface area contributed by atoms with E-state index in [0.717, 1.165) is 24.2 Å². The first-order valence-corrected chi connectivity index (χ1v) is 10.1. The van der Waals surface area contributed by atoms with Gasteiger partial charge in [0.1, 0.15) is 11.6 Å². The Bertz CT molecular complexity index is 882. The van der Waals surface area contributed by atoms with Gasteiger partial charge in [-0.25, -0.2) is 4.39 Å². The van der Waals surface area contributed by atoms with E-state index in [9.17, 15) is 14.0 Å². The second-order valence-electron chi connectivity index (χ2n) is 7.61. The number of benzene rings is 2. The molecule has 0 saturated carbocycles. The van der Waals surface area contributed by atoms with Gasteiger partial charge >= 0.3 is 0 Å². The zero-order valence-electron chi connectivity index (χ0n) is 17.4. The van der Waals surface area contributed by atoms with Gasteiger partial charge in [-0.1, -0.05) is 24.3 Å². The number of likely N-dealkylation sites (N-methyl/N-ethyl adjacent to an activating group) is 1. The van der Waals surface area contributed by atoms with Crippen LogP contribution in [0.3, 0.4) is 0 Å². The van der Waals surface area contributed by atoms with Crippen LogP contribution >= 0.6 is 0 Å². The first-order valence-electron chi connectivity index (χ1n) is 10.1. The van der Waals surface area contributed by atoms with Gasteiger partial charge in [0.25, 0.3) is 5.91 Å². The number of ether oxygens (including phenoxy) is 1. The first-order chi connectivity index (χ1) is 14.5.